The summed E-state index contributed by atoms with van der Waals surface area (Å²) in [6.45, 7) is 2.13. The van der Waals surface area contributed by atoms with E-state index in [0.29, 0.717) is 6.54 Å². The number of aromatic nitrogens is 2. The van der Waals surface area contributed by atoms with E-state index in [9.17, 15) is 4.79 Å². The number of hydrogen-bond acceptors (Lipinski definition) is 2. The van der Waals surface area contributed by atoms with E-state index in [1.54, 1.807) is 0 Å². The van der Waals surface area contributed by atoms with Gasteiger partial charge < -0.3 is 9.47 Å². The lowest BCUT2D eigenvalue weighted by molar-refractivity contribution is -0.130. The monoisotopic (exact) mass is 383 g/mol. The molecule has 1 aliphatic heterocycles. The molecule has 1 aliphatic rings. The van der Waals surface area contributed by atoms with Crippen LogP contribution in [0.4, 0.5) is 0 Å². The van der Waals surface area contributed by atoms with Crippen molar-refractivity contribution < 1.29 is 4.79 Å². The zero-order valence-electron chi connectivity index (χ0n) is 13.3. The van der Waals surface area contributed by atoms with Gasteiger partial charge in [-0.3, -0.25) is 9.78 Å². The Hall–Kier alpha value is -2.14. The van der Waals surface area contributed by atoms with E-state index in [4.69, 9.17) is 0 Å². The summed E-state index contributed by atoms with van der Waals surface area (Å²) in [4.78, 5) is 19.0. The minimum atomic E-state index is 0.182. The lowest BCUT2D eigenvalue weighted by Crippen LogP contribution is -2.30. The highest BCUT2D eigenvalue weighted by Gasteiger charge is 2.19. The number of nitrogens with zero attached hydrogens (tertiary/aromatic N) is 3. The van der Waals surface area contributed by atoms with Crippen LogP contribution in [0.15, 0.2) is 53.3 Å². The number of carbonyl (C=O) groups excluding carboxylic acids is 1. The maximum Gasteiger partial charge on any atom is 0.242 e. The predicted molar refractivity (Wildman–Crippen MR) is 98.7 cm³/mol. The highest BCUT2D eigenvalue weighted by atomic mass is 79.9. The van der Waals surface area contributed by atoms with E-state index in [0.717, 1.165) is 52.6 Å². The van der Waals surface area contributed by atoms with Crippen LogP contribution >= 0.6 is 15.9 Å². The molecule has 2 aromatic heterocycles. The molecule has 0 spiro atoms. The molecule has 1 aromatic carbocycles. The van der Waals surface area contributed by atoms with Crippen molar-refractivity contribution in [2.24, 2.45) is 0 Å². The Morgan fingerprint density at radius 3 is 2.62 bits per heavy atom. The maximum absolute atomic E-state index is 12.5. The number of benzene rings is 1. The van der Waals surface area contributed by atoms with Crippen LogP contribution in [0, 0.1) is 0 Å². The molecule has 4 nitrogen and oxygen atoms in total. The molecule has 5 heteroatoms. The Morgan fingerprint density at radius 2 is 1.88 bits per heavy atom. The number of hydrogen-bond donors (Lipinski definition) is 0. The Balaban J connectivity index is 1.71. The molecule has 0 saturated carbocycles. The van der Waals surface area contributed by atoms with Gasteiger partial charge in [-0.15, -0.1) is 0 Å². The molecule has 24 heavy (non-hydrogen) atoms. The minimum Gasteiger partial charge on any atom is -0.341 e. The van der Waals surface area contributed by atoms with Crippen molar-refractivity contribution in [2.45, 2.75) is 19.4 Å². The van der Waals surface area contributed by atoms with E-state index in [2.05, 4.69) is 39.1 Å². The Kier molecular flexibility index (Phi) is 4.10. The molecule has 1 amide bonds. The third kappa shape index (κ3) is 2.84. The standard InChI is InChI=1S/C19H18BrN3O/c20-16-12-23(13-18(24)22-8-4-5-9-22)17-10-15(11-21-19(16)17)14-6-2-1-3-7-14/h1-3,6-7,10-12H,4-5,8-9,13H2. The molecule has 1 fully saturated rings. The van der Waals surface area contributed by atoms with E-state index >= 15 is 0 Å². The molecule has 0 radical (unpaired) electrons. The highest BCUT2D eigenvalue weighted by Crippen LogP contribution is 2.28. The first kappa shape index (κ1) is 15.4. The lowest BCUT2D eigenvalue weighted by atomic mass is 10.1. The van der Waals surface area contributed by atoms with E-state index in [1.165, 1.54) is 0 Å². The quantitative estimate of drug-likeness (QED) is 0.682. The molecule has 0 N–H and O–H groups in total. The third-order valence-electron chi connectivity index (χ3n) is 4.54. The first-order chi connectivity index (χ1) is 11.7. The second-order valence-corrected chi connectivity index (χ2v) is 7.00. The van der Waals surface area contributed by atoms with Gasteiger partial charge in [-0.1, -0.05) is 30.3 Å². The van der Waals surface area contributed by atoms with Gasteiger partial charge >= 0.3 is 0 Å². The summed E-state index contributed by atoms with van der Waals surface area (Å²) < 4.78 is 2.92. The number of rotatable bonds is 3. The van der Waals surface area contributed by atoms with Crippen LogP contribution in [0.2, 0.25) is 0 Å². The van der Waals surface area contributed by atoms with Crippen LogP contribution in [0.1, 0.15) is 12.8 Å². The molecule has 3 aromatic rings. The summed E-state index contributed by atoms with van der Waals surface area (Å²) in [7, 11) is 0. The van der Waals surface area contributed by atoms with Crippen LogP contribution in [-0.2, 0) is 11.3 Å². The van der Waals surface area contributed by atoms with Gasteiger partial charge in [-0.2, -0.15) is 0 Å². The second kappa shape index (κ2) is 6.40. The minimum absolute atomic E-state index is 0.182. The van der Waals surface area contributed by atoms with Crippen LogP contribution in [0.25, 0.3) is 22.2 Å². The van der Waals surface area contributed by atoms with Crippen molar-refractivity contribution >= 4 is 32.9 Å². The molecule has 1 saturated heterocycles. The van der Waals surface area contributed by atoms with Gasteiger partial charge in [-0.05, 0) is 40.4 Å². The molecule has 3 heterocycles. The second-order valence-electron chi connectivity index (χ2n) is 6.15. The smallest absolute Gasteiger partial charge is 0.242 e. The van der Waals surface area contributed by atoms with Crippen LogP contribution in [0.3, 0.4) is 0 Å². The molecular formula is C19H18BrN3O. The van der Waals surface area contributed by atoms with Gasteiger partial charge in [-0.25, -0.2) is 0 Å². The van der Waals surface area contributed by atoms with E-state index in [-0.39, 0.29) is 5.91 Å². The largest absolute Gasteiger partial charge is 0.341 e. The first-order valence-electron chi connectivity index (χ1n) is 8.20. The fourth-order valence-corrected chi connectivity index (χ4v) is 3.81. The van der Waals surface area contributed by atoms with E-state index in [1.807, 2.05) is 40.1 Å². The average Bonchev–Trinajstić information content (AvgIpc) is 3.25. The summed E-state index contributed by atoms with van der Waals surface area (Å²) in [5.74, 6) is 0.182. The number of likely N-dealkylation sites (tertiary alicyclic amines) is 1. The zero-order valence-corrected chi connectivity index (χ0v) is 14.9. The van der Waals surface area contributed by atoms with Crippen molar-refractivity contribution in [3.8, 4) is 11.1 Å². The number of carbonyl (C=O) groups is 1. The molecule has 0 bridgehead atoms. The van der Waals surface area contributed by atoms with Crippen molar-refractivity contribution in [3.05, 3.63) is 53.3 Å². The maximum atomic E-state index is 12.5. The number of fused-ring (bicyclic) bond motifs is 1. The SMILES string of the molecule is O=C(Cn1cc(Br)c2ncc(-c3ccccc3)cc21)N1CCCC1. The normalized spacial score (nSPS) is 14.5. The van der Waals surface area contributed by atoms with E-state index < -0.39 is 0 Å². The summed E-state index contributed by atoms with van der Waals surface area (Å²) >= 11 is 3.56. The molecule has 0 aliphatic carbocycles. The van der Waals surface area contributed by atoms with Crippen molar-refractivity contribution in [2.75, 3.05) is 13.1 Å². The summed E-state index contributed by atoms with van der Waals surface area (Å²) in [6, 6.07) is 12.3. The van der Waals surface area contributed by atoms with Gasteiger partial charge in [0.25, 0.3) is 0 Å². The Labute approximate surface area is 149 Å². The molecule has 4 rings (SSSR count). The molecule has 122 valence electrons. The van der Waals surface area contributed by atoms with Crippen LogP contribution in [0.5, 0.6) is 0 Å². The zero-order chi connectivity index (χ0) is 16.5. The summed E-state index contributed by atoms with van der Waals surface area (Å²) in [5.41, 5.74) is 4.06. The Morgan fingerprint density at radius 1 is 1.12 bits per heavy atom. The van der Waals surface area contributed by atoms with Crippen LogP contribution in [-0.4, -0.2) is 33.4 Å². The molecule has 0 atom stereocenters. The average molecular weight is 384 g/mol. The van der Waals surface area contributed by atoms with Crippen LogP contribution < -0.4 is 0 Å². The predicted octanol–water partition coefficient (Wildman–Crippen LogP) is 4.09. The van der Waals surface area contributed by atoms with Crippen molar-refractivity contribution in [1.82, 2.24) is 14.5 Å². The van der Waals surface area contributed by atoms with Gasteiger partial charge in [0.1, 0.15) is 12.1 Å². The van der Waals surface area contributed by atoms with Crippen molar-refractivity contribution in [1.29, 1.82) is 0 Å². The third-order valence-corrected chi connectivity index (χ3v) is 5.12. The highest BCUT2D eigenvalue weighted by molar-refractivity contribution is 9.10. The number of halogens is 1. The number of amides is 1. The van der Waals surface area contributed by atoms with Crippen molar-refractivity contribution in [3.63, 3.8) is 0 Å². The van der Waals surface area contributed by atoms with Gasteiger partial charge in [0, 0.05) is 31.0 Å². The van der Waals surface area contributed by atoms with Gasteiger partial charge in [0.15, 0.2) is 0 Å². The first-order valence-corrected chi connectivity index (χ1v) is 8.99. The molecular weight excluding hydrogens is 366 g/mol. The number of pyridine rings is 1. The fraction of sp³-hybridized carbons (Fsp3) is 0.263. The Bertz CT molecular complexity index is 882. The summed E-state index contributed by atoms with van der Waals surface area (Å²) in [5, 5.41) is 0. The lowest BCUT2D eigenvalue weighted by Gasteiger charge is -2.16. The van der Waals surface area contributed by atoms with Gasteiger partial charge in [0.05, 0.1) is 9.99 Å². The molecule has 0 unspecified atom stereocenters. The topological polar surface area (TPSA) is 38.1 Å². The van der Waals surface area contributed by atoms with Gasteiger partial charge in [0.2, 0.25) is 5.91 Å². The fourth-order valence-electron chi connectivity index (χ4n) is 3.26. The summed E-state index contributed by atoms with van der Waals surface area (Å²) in [6.07, 6.45) is 6.07.